The predicted octanol–water partition coefficient (Wildman–Crippen LogP) is 4.85. The van der Waals surface area contributed by atoms with E-state index in [0.29, 0.717) is 46.5 Å². The fraction of sp³-hybridized carbons (Fsp3) is 0.172. The number of aromatic amines is 1. The van der Waals surface area contributed by atoms with Gasteiger partial charge in [0.2, 0.25) is 5.91 Å². The molecule has 0 spiro atoms. The van der Waals surface area contributed by atoms with Crippen LogP contribution in [0.3, 0.4) is 0 Å². The number of halogens is 1. The van der Waals surface area contributed by atoms with Crippen molar-refractivity contribution in [3.8, 4) is 11.4 Å². The lowest BCUT2D eigenvalue weighted by Crippen LogP contribution is -2.31. The van der Waals surface area contributed by atoms with Crippen molar-refractivity contribution >= 4 is 40.3 Å². The highest BCUT2D eigenvalue weighted by atomic mass is 35.5. The first-order chi connectivity index (χ1) is 18.9. The fourth-order valence-corrected chi connectivity index (χ4v) is 4.44. The number of carbonyl (C=O) groups excluding carboxylic acids is 2. The van der Waals surface area contributed by atoms with Gasteiger partial charge in [-0.1, -0.05) is 54.1 Å². The van der Waals surface area contributed by atoms with Crippen molar-refractivity contribution in [2.24, 2.45) is 0 Å². The van der Waals surface area contributed by atoms with Crippen molar-refractivity contribution in [3.63, 3.8) is 0 Å². The molecule has 3 heterocycles. The number of carbonyl (C=O) groups is 2. The molecule has 3 N–H and O–H groups in total. The number of H-pyrrole nitrogens is 1. The summed E-state index contributed by atoms with van der Waals surface area (Å²) in [5.74, 6) is 0.689. The second kappa shape index (κ2) is 11.1. The van der Waals surface area contributed by atoms with E-state index < -0.39 is 5.60 Å². The Labute approximate surface area is 230 Å². The second-order valence-electron chi connectivity index (χ2n) is 8.96. The van der Waals surface area contributed by atoms with Crippen molar-refractivity contribution in [1.82, 2.24) is 25.2 Å². The number of benzene rings is 2. The molecule has 1 aliphatic rings. The SMILES string of the molecule is COC1(c2ccc(Cl)cc2)C=CN(C(=O)c2cc3c(NCCNC(C)=O)nc(-c4ccccc4)nc3[nH]2)C=C1. The molecule has 39 heavy (non-hydrogen) atoms. The lowest BCUT2D eigenvalue weighted by molar-refractivity contribution is -0.118. The second-order valence-corrected chi connectivity index (χ2v) is 9.40. The Bertz CT molecular complexity index is 1550. The number of anilines is 1. The molecule has 2 amide bonds. The Hall–Kier alpha value is -4.47. The molecule has 0 bridgehead atoms. The number of ether oxygens (including phenoxy) is 1. The molecule has 0 saturated heterocycles. The van der Waals surface area contributed by atoms with E-state index in [1.54, 1.807) is 37.7 Å². The molecular weight excluding hydrogens is 516 g/mol. The van der Waals surface area contributed by atoms with E-state index in [1.165, 1.54) is 11.8 Å². The number of amides is 2. The number of nitrogens with zero attached hydrogens (tertiary/aromatic N) is 3. The van der Waals surface area contributed by atoms with Crippen LogP contribution in [0.25, 0.3) is 22.4 Å². The molecule has 0 saturated carbocycles. The van der Waals surface area contributed by atoms with Crippen molar-refractivity contribution < 1.29 is 14.3 Å². The van der Waals surface area contributed by atoms with E-state index in [2.05, 4.69) is 20.6 Å². The van der Waals surface area contributed by atoms with Crippen LogP contribution in [-0.2, 0) is 15.1 Å². The molecular formula is C29H27ClN6O3. The molecule has 4 aromatic rings. The average molecular weight is 543 g/mol. The van der Waals surface area contributed by atoms with Gasteiger partial charge in [0.1, 0.15) is 22.8 Å². The Kier molecular flexibility index (Phi) is 7.44. The molecule has 0 unspecified atom stereocenters. The smallest absolute Gasteiger partial charge is 0.278 e. The number of hydrogen-bond donors (Lipinski definition) is 3. The van der Waals surface area contributed by atoms with Gasteiger partial charge in [-0.2, -0.15) is 0 Å². The number of hydrogen-bond acceptors (Lipinski definition) is 6. The molecule has 198 valence electrons. The van der Waals surface area contributed by atoms with E-state index >= 15 is 0 Å². The molecule has 0 radical (unpaired) electrons. The topological polar surface area (TPSA) is 112 Å². The van der Waals surface area contributed by atoms with Gasteiger partial charge in [-0.05, 0) is 35.9 Å². The molecule has 0 aliphatic carbocycles. The predicted molar refractivity (Wildman–Crippen MR) is 151 cm³/mol. The van der Waals surface area contributed by atoms with Crippen LogP contribution in [0.2, 0.25) is 5.02 Å². The van der Waals surface area contributed by atoms with Gasteiger partial charge in [-0.25, -0.2) is 9.97 Å². The summed E-state index contributed by atoms with van der Waals surface area (Å²) in [6, 6.07) is 18.7. The van der Waals surface area contributed by atoms with Crippen molar-refractivity contribution in [1.29, 1.82) is 0 Å². The zero-order valence-corrected chi connectivity index (χ0v) is 22.2. The van der Waals surface area contributed by atoms with Crippen molar-refractivity contribution in [2.75, 3.05) is 25.5 Å². The minimum Gasteiger partial charge on any atom is -0.368 e. The molecule has 0 fully saturated rings. The third kappa shape index (κ3) is 5.55. The maximum Gasteiger partial charge on any atom is 0.278 e. The van der Waals surface area contributed by atoms with E-state index in [-0.39, 0.29) is 11.8 Å². The number of methoxy groups -OCH3 is 1. The first-order valence-corrected chi connectivity index (χ1v) is 12.7. The fourth-order valence-electron chi connectivity index (χ4n) is 4.31. The summed E-state index contributed by atoms with van der Waals surface area (Å²) < 4.78 is 5.80. The summed E-state index contributed by atoms with van der Waals surface area (Å²) in [5, 5.41) is 7.31. The number of fused-ring (bicyclic) bond motifs is 1. The molecule has 2 aromatic carbocycles. The van der Waals surface area contributed by atoms with Gasteiger partial charge in [-0.3, -0.25) is 14.5 Å². The largest absolute Gasteiger partial charge is 0.368 e. The summed E-state index contributed by atoms with van der Waals surface area (Å²) in [6.45, 7) is 2.35. The maximum atomic E-state index is 13.5. The van der Waals surface area contributed by atoms with Gasteiger partial charge < -0.3 is 20.4 Å². The highest BCUT2D eigenvalue weighted by Crippen LogP contribution is 2.33. The minimum atomic E-state index is -0.817. The number of rotatable bonds is 8. The van der Waals surface area contributed by atoms with Crippen LogP contribution < -0.4 is 10.6 Å². The van der Waals surface area contributed by atoms with E-state index in [0.717, 1.165) is 11.1 Å². The van der Waals surface area contributed by atoms with Crippen molar-refractivity contribution in [3.05, 3.63) is 101 Å². The molecule has 5 rings (SSSR count). The lowest BCUT2D eigenvalue weighted by Gasteiger charge is -2.31. The number of nitrogens with one attached hydrogen (secondary N) is 3. The normalized spacial score (nSPS) is 14.0. The zero-order valence-electron chi connectivity index (χ0n) is 21.4. The molecule has 2 aromatic heterocycles. The van der Waals surface area contributed by atoms with Gasteiger partial charge in [-0.15, -0.1) is 0 Å². The van der Waals surface area contributed by atoms with Gasteiger partial charge in [0.05, 0.1) is 5.39 Å². The van der Waals surface area contributed by atoms with Gasteiger partial charge in [0, 0.05) is 50.1 Å². The van der Waals surface area contributed by atoms with Crippen LogP contribution in [-0.4, -0.2) is 51.9 Å². The van der Waals surface area contributed by atoms with Gasteiger partial charge in [0.25, 0.3) is 5.91 Å². The van der Waals surface area contributed by atoms with Crippen LogP contribution >= 0.6 is 11.6 Å². The van der Waals surface area contributed by atoms with Crippen LogP contribution in [0.1, 0.15) is 23.0 Å². The molecule has 10 heteroatoms. The zero-order chi connectivity index (χ0) is 27.4. The third-order valence-electron chi connectivity index (χ3n) is 6.37. The van der Waals surface area contributed by atoms with Crippen LogP contribution in [0.15, 0.2) is 85.2 Å². The Morgan fingerprint density at radius 3 is 2.41 bits per heavy atom. The van der Waals surface area contributed by atoms with E-state index in [9.17, 15) is 9.59 Å². The van der Waals surface area contributed by atoms with Gasteiger partial charge >= 0.3 is 0 Å². The van der Waals surface area contributed by atoms with Crippen molar-refractivity contribution in [2.45, 2.75) is 12.5 Å². The standard InChI is InChI=1S/C29H27ClN6O3/c1-19(37)31-14-15-32-26-23-18-24(33-27(23)35-25(34-26)20-6-4-3-5-7-20)28(38)36-16-12-29(39-2,13-17-36)21-8-10-22(30)11-9-21/h3-13,16-18H,14-15H2,1-2H3,(H,31,37)(H2,32,33,34,35). The van der Waals surface area contributed by atoms with Crippen LogP contribution in [0, 0.1) is 0 Å². The lowest BCUT2D eigenvalue weighted by atomic mass is 9.92. The molecule has 9 nitrogen and oxygen atoms in total. The Morgan fingerprint density at radius 1 is 1.03 bits per heavy atom. The summed E-state index contributed by atoms with van der Waals surface area (Å²) in [4.78, 5) is 38.7. The Balaban J connectivity index is 1.44. The van der Waals surface area contributed by atoms with Crippen LogP contribution in [0.4, 0.5) is 5.82 Å². The van der Waals surface area contributed by atoms with E-state index in [4.69, 9.17) is 21.3 Å². The number of aromatic nitrogens is 3. The highest BCUT2D eigenvalue weighted by molar-refractivity contribution is 6.30. The summed E-state index contributed by atoms with van der Waals surface area (Å²) in [6.07, 6.45) is 7.00. The van der Waals surface area contributed by atoms with Crippen LogP contribution in [0.5, 0.6) is 0 Å². The average Bonchev–Trinajstić information content (AvgIpc) is 3.40. The maximum absolute atomic E-state index is 13.5. The molecule has 1 aliphatic heterocycles. The first kappa shape index (κ1) is 26.1. The highest BCUT2D eigenvalue weighted by Gasteiger charge is 2.30. The minimum absolute atomic E-state index is 0.111. The van der Waals surface area contributed by atoms with Gasteiger partial charge in [0.15, 0.2) is 5.82 Å². The monoisotopic (exact) mass is 542 g/mol. The summed E-state index contributed by atoms with van der Waals surface area (Å²) >= 11 is 6.04. The first-order valence-electron chi connectivity index (χ1n) is 12.4. The molecule has 0 atom stereocenters. The van der Waals surface area contributed by atoms with E-state index in [1.807, 2.05) is 54.6 Å². The Morgan fingerprint density at radius 2 is 1.74 bits per heavy atom. The third-order valence-corrected chi connectivity index (χ3v) is 6.63. The summed E-state index contributed by atoms with van der Waals surface area (Å²) in [7, 11) is 1.61. The quantitative estimate of drug-likeness (QED) is 0.274. The summed E-state index contributed by atoms with van der Waals surface area (Å²) in [5.41, 5.74) is 1.78.